The van der Waals surface area contributed by atoms with Crippen LogP contribution < -0.4 is 0 Å². The number of esters is 1. The molecule has 1 fully saturated rings. The number of hydrogen-bond acceptors (Lipinski definition) is 6. The fourth-order valence-corrected chi connectivity index (χ4v) is 4.12. The number of hydrogen-bond donors (Lipinski definition) is 0. The number of likely N-dealkylation sites (tertiary alicyclic amines) is 1. The predicted molar refractivity (Wildman–Crippen MR) is 94.4 cm³/mol. The van der Waals surface area contributed by atoms with Crippen molar-refractivity contribution in [1.82, 2.24) is 4.90 Å². The smallest absolute Gasteiger partial charge is 0.313 e. The minimum absolute atomic E-state index is 0.103. The minimum atomic E-state index is -0.482. The highest BCUT2D eigenvalue weighted by Crippen LogP contribution is 2.36. The van der Waals surface area contributed by atoms with Gasteiger partial charge in [0.2, 0.25) is 0 Å². The van der Waals surface area contributed by atoms with E-state index >= 15 is 0 Å². The highest BCUT2D eigenvalue weighted by Gasteiger charge is 2.43. The van der Waals surface area contributed by atoms with Gasteiger partial charge >= 0.3 is 5.97 Å². The number of carbonyl (C=O) groups is 2. The van der Waals surface area contributed by atoms with Gasteiger partial charge < -0.3 is 9.47 Å². The molecule has 1 aromatic rings. The van der Waals surface area contributed by atoms with E-state index in [-0.39, 0.29) is 11.8 Å². The quantitative estimate of drug-likeness (QED) is 0.531. The van der Waals surface area contributed by atoms with E-state index in [4.69, 9.17) is 9.47 Å². The number of ether oxygens (including phenoxy) is 2. The van der Waals surface area contributed by atoms with Gasteiger partial charge in [0.1, 0.15) is 0 Å². The Kier molecular flexibility index (Phi) is 6.95. The van der Waals surface area contributed by atoms with Crippen LogP contribution in [0.1, 0.15) is 48.3 Å². The lowest BCUT2D eigenvalue weighted by Crippen LogP contribution is -2.48. The zero-order chi connectivity index (χ0) is 17.6. The first-order chi connectivity index (χ1) is 11.5. The first kappa shape index (κ1) is 19.1. The highest BCUT2D eigenvalue weighted by molar-refractivity contribution is 7.12. The Labute approximate surface area is 147 Å². The van der Waals surface area contributed by atoms with E-state index in [0.29, 0.717) is 26.2 Å². The van der Waals surface area contributed by atoms with Crippen molar-refractivity contribution < 1.29 is 19.1 Å². The lowest BCUT2D eigenvalue weighted by Gasteiger charge is -2.40. The third-order valence-electron chi connectivity index (χ3n) is 4.56. The molecule has 0 aromatic carbocycles. The third kappa shape index (κ3) is 4.65. The summed E-state index contributed by atoms with van der Waals surface area (Å²) in [5, 5.41) is 2.03. The second-order valence-electron chi connectivity index (χ2n) is 6.43. The molecule has 2 heterocycles. The molecule has 1 atom stereocenters. The Balaban J connectivity index is 2.08. The molecule has 1 aliphatic rings. The zero-order valence-electron chi connectivity index (χ0n) is 14.8. The Morgan fingerprint density at radius 2 is 2.21 bits per heavy atom. The van der Waals surface area contributed by atoms with E-state index in [9.17, 15) is 9.59 Å². The summed E-state index contributed by atoms with van der Waals surface area (Å²) in [5.74, 6) is -0.00708. The van der Waals surface area contributed by atoms with E-state index < -0.39 is 5.41 Å². The first-order valence-corrected chi connectivity index (χ1v) is 9.35. The van der Waals surface area contributed by atoms with Gasteiger partial charge in [0, 0.05) is 26.8 Å². The topological polar surface area (TPSA) is 55.8 Å². The fourth-order valence-electron chi connectivity index (χ4n) is 3.32. The van der Waals surface area contributed by atoms with Gasteiger partial charge in [0.15, 0.2) is 5.78 Å². The van der Waals surface area contributed by atoms with Crippen LogP contribution in [0.3, 0.4) is 0 Å². The number of thiophene rings is 1. The number of rotatable bonds is 8. The number of ketones is 1. The van der Waals surface area contributed by atoms with Crippen molar-refractivity contribution in [2.75, 3.05) is 33.4 Å². The van der Waals surface area contributed by atoms with E-state index in [1.807, 2.05) is 18.4 Å². The second-order valence-corrected chi connectivity index (χ2v) is 7.34. The van der Waals surface area contributed by atoms with Crippen LogP contribution in [0.5, 0.6) is 0 Å². The predicted octanol–water partition coefficient (Wildman–Crippen LogP) is 3.13. The number of piperidine rings is 1. The van der Waals surface area contributed by atoms with Crippen LogP contribution in [-0.2, 0) is 20.8 Å². The Bertz CT molecular complexity index is 571. The zero-order valence-corrected chi connectivity index (χ0v) is 15.6. The van der Waals surface area contributed by atoms with Crippen molar-refractivity contribution in [3.63, 3.8) is 0 Å². The molecule has 0 spiro atoms. The summed E-state index contributed by atoms with van der Waals surface area (Å²) in [6.45, 7) is 6.79. The molecule has 134 valence electrons. The summed E-state index contributed by atoms with van der Waals surface area (Å²) >= 11 is 1.49. The SMILES string of the molecule is CCOC(=O)C1(CCOC)CCCN(Cc2csc(C(C)=O)c2)C1. The largest absolute Gasteiger partial charge is 0.466 e. The number of carbonyl (C=O) groups excluding carboxylic acids is 2. The van der Waals surface area contributed by atoms with Gasteiger partial charge in [-0.1, -0.05) is 0 Å². The molecule has 1 aliphatic heterocycles. The Hall–Kier alpha value is -1.24. The highest BCUT2D eigenvalue weighted by atomic mass is 32.1. The fraction of sp³-hybridized carbons (Fsp3) is 0.667. The maximum atomic E-state index is 12.6. The van der Waals surface area contributed by atoms with Gasteiger partial charge in [-0.25, -0.2) is 0 Å². The van der Waals surface area contributed by atoms with Crippen LogP contribution in [0.15, 0.2) is 11.4 Å². The molecule has 0 bridgehead atoms. The van der Waals surface area contributed by atoms with Gasteiger partial charge in [0.25, 0.3) is 0 Å². The van der Waals surface area contributed by atoms with E-state index in [1.165, 1.54) is 11.3 Å². The van der Waals surface area contributed by atoms with Crippen LogP contribution in [0.4, 0.5) is 0 Å². The van der Waals surface area contributed by atoms with Crippen molar-refractivity contribution >= 4 is 23.1 Å². The maximum Gasteiger partial charge on any atom is 0.313 e. The molecule has 0 radical (unpaired) electrons. The summed E-state index contributed by atoms with van der Waals surface area (Å²) in [6, 6.07) is 1.96. The van der Waals surface area contributed by atoms with Crippen molar-refractivity contribution in [2.24, 2.45) is 5.41 Å². The van der Waals surface area contributed by atoms with Crippen LogP contribution >= 0.6 is 11.3 Å². The van der Waals surface area contributed by atoms with Gasteiger partial charge in [-0.15, -0.1) is 11.3 Å². The normalized spacial score (nSPS) is 21.6. The average Bonchev–Trinajstić information content (AvgIpc) is 3.02. The summed E-state index contributed by atoms with van der Waals surface area (Å²) in [4.78, 5) is 27.1. The van der Waals surface area contributed by atoms with Crippen molar-refractivity contribution in [3.8, 4) is 0 Å². The van der Waals surface area contributed by atoms with Crippen molar-refractivity contribution in [1.29, 1.82) is 0 Å². The number of methoxy groups -OCH3 is 1. The molecule has 0 saturated carbocycles. The molecule has 5 nitrogen and oxygen atoms in total. The Morgan fingerprint density at radius 3 is 2.83 bits per heavy atom. The molecule has 0 amide bonds. The standard InChI is InChI=1S/C18H27NO4S/c1-4-23-17(21)18(7-9-22-3)6-5-8-19(13-18)11-15-10-16(14(2)20)24-12-15/h10,12H,4-9,11,13H2,1-3H3. The molecule has 24 heavy (non-hydrogen) atoms. The maximum absolute atomic E-state index is 12.6. The first-order valence-electron chi connectivity index (χ1n) is 8.47. The Morgan fingerprint density at radius 1 is 1.42 bits per heavy atom. The van der Waals surface area contributed by atoms with Gasteiger partial charge in [-0.2, -0.15) is 0 Å². The van der Waals surface area contributed by atoms with Crippen LogP contribution in [0.25, 0.3) is 0 Å². The molecular weight excluding hydrogens is 326 g/mol. The lowest BCUT2D eigenvalue weighted by molar-refractivity contribution is -0.160. The molecule has 1 saturated heterocycles. The van der Waals surface area contributed by atoms with E-state index in [1.54, 1.807) is 14.0 Å². The van der Waals surface area contributed by atoms with E-state index in [0.717, 1.165) is 36.4 Å². The number of Topliss-reactive ketones (excluding diaryl/α,β-unsaturated/α-hetero) is 1. The van der Waals surface area contributed by atoms with Crippen LogP contribution in [-0.4, -0.2) is 50.1 Å². The van der Waals surface area contributed by atoms with Crippen molar-refractivity contribution in [2.45, 2.75) is 39.7 Å². The van der Waals surface area contributed by atoms with Gasteiger partial charge in [-0.3, -0.25) is 14.5 Å². The van der Waals surface area contributed by atoms with Gasteiger partial charge in [-0.05, 0) is 56.7 Å². The molecular formula is C18H27NO4S. The molecule has 0 aliphatic carbocycles. The lowest BCUT2D eigenvalue weighted by atomic mass is 9.77. The average molecular weight is 353 g/mol. The third-order valence-corrected chi connectivity index (χ3v) is 5.64. The van der Waals surface area contributed by atoms with Crippen LogP contribution in [0.2, 0.25) is 0 Å². The van der Waals surface area contributed by atoms with Crippen LogP contribution in [0, 0.1) is 5.41 Å². The summed E-state index contributed by atoms with van der Waals surface area (Å²) in [7, 11) is 1.66. The van der Waals surface area contributed by atoms with Crippen molar-refractivity contribution in [3.05, 3.63) is 21.9 Å². The molecule has 2 rings (SSSR count). The van der Waals surface area contributed by atoms with Gasteiger partial charge in [0.05, 0.1) is 16.9 Å². The minimum Gasteiger partial charge on any atom is -0.466 e. The molecule has 1 unspecified atom stereocenters. The summed E-state index contributed by atoms with van der Waals surface area (Å²) in [5.41, 5.74) is 0.653. The summed E-state index contributed by atoms with van der Waals surface area (Å²) < 4.78 is 10.6. The molecule has 0 N–H and O–H groups in total. The monoisotopic (exact) mass is 353 g/mol. The molecule has 1 aromatic heterocycles. The molecule has 6 heteroatoms. The number of nitrogens with zero attached hydrogens (tertiary/aromatic N) is 1. The summed E-state index contributed by atoms with van der Waals surface area (Å²) in [6.07, 6.45) is 2.49. The second kappa shape index (κ2) is 8.74. The van der Waals surface area contributed by atoms with E-state index in [2.05, 4.69) is 4.90 Å².